The first-order valence-corrected chi connectivity index (χ1v) is 9.06. The minimum Gasteiger partial charge on any atom is -0.320 e. The molecule has 1 aromatic carbocycles. The van der Waals surface area contributed by atoms with E-state index in [1.165, 1.54) is 16.1 Å². The summed E-state index contributed by atoms with van der Waals surface area (Å²) in [5, 5.41) is 6.77. The zero-order chi connectivity index (χ0) is 16.1. The van der Waals surface area contributed by atoms with Gasteiger partial charge in [0.25, 0.3) is 0 Å². The third kappa shape index (κ3) is 4.18. The van der Waals surface area contributed by atoms with Gasteiger partial charge in [0.1, 0.15) is 0 Å². The van der Waals surface area contributed by atoms with E-state index in [1.807, 2.05) is 7.05 Å². The molecule has 2 aromatic rings. The van der Waals surface area contributed by atoms with E-state index in [0.29, 0.717) is 12.3 Å². The molecule has 1 aliphatic carbocycles. The lowest BCUT2D eigenvalue weighted by atomic mass is 9.85. The zero-order valence-corrected chi connectivity index (χ0v) is 14.3. The SMILES string of the molecule is CNCCCC(=O)Nc1nc2c(s1)CC(c1ccccc1)CC2. The van der Waals surface area contributed by atoms with Crippen LogP contribution in [0.25, 0.3) is 0 Å². The van der Waals surface area contributed by atoms with Crippen molar-refractivity contribution in [3.8, 4) is 0 Å². The molecule has 0 bridgehead atoms. The van der Waals surface area contributed by atoms with Crippen molar-refractivity contribution < 1.29 is 4.79 Å². The van der Waals surface area contributed by atoms with Crippen LogP contribution in [-0.4, -0.2) is 24.5 Å². The van der Waals surface area contributed by atoms with Gasteiger partial charge < -0.3 is 10.6 Å². The number of nitrogens with one attached hydrogen (secondary N) is 2. The summed E-state index contributed by atoms with van der Waals surface area (Å²) in [6.07, 6.45) is 4.56. The number of benzene rings is 1. The number of nitrogens with zero attached hydrogens (tertiary/aromatic N) is 1. The summed E-state index contributed by atoms with van der Waals surface area (Å²) in [5.74, 6) is 0.634. The van der Waals surface area contributed by atoms with Gasteiger partial charge in [0.05, 0.1) is 5.69 Å². The molecule has 0 fully saturated rings. The molecule has 0 spiro atoms. The van der Waals surface area contributed by atoms with Crippen LogP contribution < -0.4 is 10.6 Å². The van der Waals surface area contributed by atoms with Crippen molar-refractivity contribution in [3.63, 3.8) is 0 Å². The second kappa shape index (κ2) is 7.70. The average Bonchev–Trinajstić information content (AvgIpc) is 2.97. The quantitative estimate of drug-likeness (QED) is 0.799. The standard InChI is InChI=1S/C18H23N3OS/c1-19-11-5-8-17(22)21-18-20-15-10-9-14(12-16(15)23-18)13-6-3-2-4-7-13/h2-4,6-7,14,19H,5,8-12H2,1H3,(H,20,21,22). The molecule has 5 heteroatoms. The first kappa shape index (κ1) is 16.1. The molecule has 0 saturated carbocycles. The number of hydrogen-bond donors (Lipinski definition) is 2. The number of rotatable bonds is 6. The Hall–Kier alpha value is -1.72. The molecule has 0 saturated heterocycles. The number of anilines is 1. The van der Waals surface area contributed by atoms with Gasteiger partial charge in [-0.2, -0.15) is 0 Å². The van der Waals surface area contributed by atoms with Gasteiger partial charge in [-0.15, -0.1) is 11.3 Å². The maximum Gasteiger partial charge on any atom is 0.226 e. The third-order valence-corrected chi connectivity index (χ3v) is 5.32. The van der Waals surface area contributed by atoms with Gasteiger partial charge in [-0.05, 0) is 50.8 Å². The van der Waals surface area contributed by atoms with Gasteiger partial charge in [-0.3, -0.25) is 4.79 Å². The molecule has 4 nitrogen and oxygen atoms in total. The van der Waals surface area contributed by atoms with E-state index >= 15 is 0 Å². The van der Waals surface area contributed by atoms with E-state index in [0.717, 1.165) is 37.4 Å². The fourth-order valence-corrected chi connectivity index (χ4v) is 4.15. The molecule has 1 unspecified atom stereocenters. The van der Waals surface area contributed by atoms with Crippen molar-refractivity contribution in [3.05, 3.63) is 46.5 Å². The minimum atomic E-state index is 0.0611. The largest absolute Gasteiger partial charge is 0.320 e. The lowest BCUT2D eigenvalue weighted by molar-refractivity contribution is -0.116. The summed E-state index contributed by atoms with van der Waals surface area (Å²) >= 11 is 1.64. The van der Waals surface area contributed by atoms with E-state index in [-0.39, 0.29) is 5.91 Å². The van der Waals surface area contributed by atoms with Crippen LogP contribution >= 0.6 is 11.3 Å². The van der Waals surface area contributed by atoms with Gasteiger partial charge >= 0.3 is 0 Å². The van der Waals surface area contributed by atoms with Crippen LogP contribution in [0.15, 0.2) is 30.3 Å². The number of aromatic nitrogens is 1. The van der Waals surface area contributed by atoms with Crippen LogP contribution in [0.1, 0.15) is 41.3 Å². The van der Waals surface area contributed by atoms with Crippen molar-refractivity contribution >= 4 is 22.4 Å². The summed E-state index contributed by atoms with van der Waals surface area (Å²) in [6.45, 7) is 0.862. The van der Waals surface area contributed by atoms with Crippen LogP contribution in [0.5, 0.6) is 0 Å². The third-order valence-electron chi connectivity index (χ3n) is 4.29. The van der Waals surface area contributed by atoms with Crippen molar-refractivity contribution in [2.45, 2.75) is 38.0 Å². The molecule has 1 aromatic heterocycles. The maximum atomic E-state index is 11.9. The van der Waals surface area contributed by atoms with E-state index in [1.54, 1.807) is 11.3 Å². The Labute approximate surface area is 141 Å². The monoisotopic (exact) mass is 329 g/mol. The Bertz CT molecular complexity index is 654. The van der Waals surface area contributed by atoms with Crippen LogP contribution in [0, 0.1) is 0 Å². The predicted octanol–water partition coefficient (Wildman–Crippen LogP) is 3.35. The van der Waals surface area contributed by atoms with Crippen LogP contribution in [0.4, 0.5) is 5.13 Å². The molecule has 2 N–H and O–H groups in total. The van der Waals surface area contributed by atoms with Gasteiger partial charge in [0, 0.05) is 11.3 Å². The normalized spacial score (nSPS) is 16.8. The molecule has 1 aliphatic rings. The predicted molar refractivity (Wildman–Crippen MR) is 95.1 cm³/mol. The zero-order valence-electron chi connectivity index (χ0n) is 13.5. The summed E-state index contributed by atoms with van der Waals surface area (Å²) < 4.78 is 0. The Morgan fingerprint density at radius 1 is 1.35 bits per heavy atom. The maximum absolute atomic E-state index is 11.9. The van der Waals surface area contributed by atoms with Crippen molar-refractivity contribution in [1.29, 1.82) is 0 Å². The number of amides is 1. The molecular formula is C18H23N3OS. The van der Waals surface area contributed by atoms with Crippen LogP contribution in [0.3, 0.4) is 0 Å². The second-order valence-corrected chi connectivity index (χ2v) is 7.08. The number of thiazole rings is 1. The Balaban J connectivity index is 1.61. The van der Waals surface area contributed by atoms with E-state index in [2.05, 4.69) is 45.9 Å². The highest BCUT2D eigenvalue weighted by Crippen LogP contribution is 2.36. The van der Waals surface area contributed by atoms with Crippen LogP contribution in [-0.2, 0) is 17.6 Å². The summed E-state index contributed by atoms with van der Waals surface area (Å²) in [6, 6.07) is 10.7. The Kier molecular flexibility index (Phi) is 5.41. The topological polar surface area (TPSA) is 54.0 Å². The fraction of sp³-hybridized carbons (Fsp3) is 0.444. The lowest BCUT2D eigenvalue weighted by Gasteiger charge is -2.21. The number of carbonyl (C=O) groups excluding carboxylic acids is 1. The van der Waals surface area contributed by atoms with E-state index < -0.39 is 0 Å². The second-order valence-electron chi connectivity index (χ2n) is 5.99. The molecule has 3 rings (SSSR count). The van der Waals surface area contributed by atoms with Gasteiger partial charge in [0.2, 0.25) is 5.91 Å². The van der Waals surface area contributed by atoms with E-state index in [9.17, 15) is 4.79 Å². The summed E-state index contributed by atoms with van der Waals surface area (Å²) in [7, 11) is 1.90. The molecule has 1 amide bonds. The lowest BCUT2D eigenvalue weighted by Crippen LogP contribution is -2.15. The summed E-state index contributed by atoms with van der Waals surface area (Å²) in [4.78, 5) is 17.9. The number of hydrogen-bond acceptors (Lipinski definition) is 4. The Morgan fingerprint density at radius 2 is 2.17 bits per heavy atom. The van der Waals surface area contributed by atoms with Crippen molar-refractivity contribution in [2.75, 3.05) is 18.9 Å². The summed E-state index contributed by atoms with van der Waals surface area (Å²) in [5.41, 5.74) is 2.58. The van der Waals surface area contributed by atoms with Gasteiger partial charge in [-0.25, -0.2) is 4.98 Å². The molecular weight excluding hydrogens is 306 g/mol. The van der Waals surface area contributed by atoms with Gasteiger partial charge in [-0.1, -0.05) is 30.3 Å². The molecule has 1 atom stereocenters. The van der Waals surface area contributed by atoms with Crippen LogP contribution in [0.2, 0.25) is 0 Å². The molecule has 1 heterocycles. The number of aryl methyl sites for hydroxylation is 1. The highest BCUT2D eigenvalue weighted by Gasteiger charge is 2.24. The average molecular weight is 329 g/mol. The molecule has 0 radical (unpaired) electrons. The van der Waals surface area contributed by atoms with Crippen molar-refractivity contribution in [2.24, 2.45) is 0 Å². The highest BCUT2D eigenvalue weighted by atomic mass is 32.1. The number of fused-ring (bicyclic) bond motifs is 1. The molecule has 122 valence electrons. The highest BCUT2D eigenvalue weighted by molar-refractivity contribution is 7.15. The first-order valence-electron chi connectivity index (χ1n) is 8.24. The molecule has 23 heavy (non-hydrogen) atoms. The van der Waals surface area contributed by atoms with Crippen molar-refractivity contribution in [1.82, 2.24) is 10.3 Å². The first-order chi connectivity index (χ1) is 11.3. The van der Waals surface area contributed by atoms with Gasteiger partial charge in [0.15, 0.2) is 5.13 Å². The van der Waals surface area contributed by atoms with E-state index in [4.69, 9.17) is 0 Å². The minimum absolute atomic E-state index is 0.0611. The Morgan fingerprint density at radius 3 is 2.96 bits per heavy atom. The smallest absolute Gasteiger partial charge is 0.226 e. The molecule has 0 aliphatic heterocycles. The number of carbonyl (C=O) groups is 1. The fourth-order valence-electron chi connectivity index (χ4n) is 3.05.